The Balaban J connectivity index is 3.49. The van der Waals surface area contributed by atoms with Gasteiger partial charge in [-0.05, 0) is 32.7 Å². The molecule has 1 aliphatic rings. The number of nitrogens with zero attached hydrogens (tertiary/aromatic N) is 2. The Morgan fingerprint density at radius 3 is 2.20 bits per heavy atom. The van der Waals surface area contributed by atoms with Gasteiger partial charge in [0.1, 0.15) is 11.8 Å². The summed E-state index contributed by atoms with van der Waals surface area (Å²) >= 11 is 0. The highest BCUT2D eigenvalue weighted by Crippen LogP contribution is 2.27. The molecule has 0 aliphatic carbocycles. The molecule has 0 fully saturated rings. The topological polar surface area (TPSA) is 70.3 Å². The first-order valence-electron chi connectivity index (χ1n) is 4.16. The van der Waals surface area contributed by atoms with Crippen LogP contribution in [0.2, 0.25) is 0 Å². The molecule has 4 nitrogen and oxygen atoms in total. The van der Waals surface area contributed by atoms with Crippen molar-refractivity contribution in [3.8, 4) is 6.07 Å². The molecule has 0 amide bonds. The van der Waals surface area contributed by atoms with Crippen molar-refractivity contribution in [2.24, 2.45) is 4.99 Å². The molecule has 0 aromatic rings. The normalized spacial score (nSPS) is 18.6. The van der Waals surface area contributed by atoms with Crippen LogP contribution in [-0.4, -0.2) is 15.1 Å². The van der Waals surface area contributed by atoms with Crippen LogP contribution in [0.4, 0.5) is 0 Å². The van der Waals surface area contributed by atoms with E-state index < -0.39 is 9.84 Å². The summed E-state index contributed by atoms with van der Waals surface area (Å²) in [7, 11) is -3.31. The van der Waals surface area contributed by atoms with Crippen molar-refractivity contribution >= 4 is 16.6 Å². The molecular formula is C10H10N2O2S. The fraction of sp³-hybridized carbons (Fsp3) is 0.200. The molecule has 1 rings (SSSR count). The van der Waals surface area contributed by atoms with Gasteiger partial charge >= 0.3 is 0 Å². The van der Waals surface area contributed by atoms with E-state index in [-0.39, 0.29) is 15.5 Å². The van der Waals surface area contributed by atoms with E-state index in [1.54, 1.807) is 0 Å². The van der Waals surface area contributed by atoms with Crippen LogP contribution in [-0.2, 0) is 9.84 Å². The standard InChI is InChI=1S/C10H10N2O2S/c1-7-4-9(10(6-11)12-3)5-8(2)15(7,13)14/h4-5H,3H2,1-2H3. The summed E-state index contributed by atoms with van der Waals surface area (Å²) in [6.07, 6.45) is 2.85. The van der Waals surface area contributed by atoms with Crippen molar-refractivity contribution in [3.63, 3.8) is 0 Å². The van der Waals surface area contributed by atoms with Crippen molar-refractivity contribution in [1.82, 2.24) is 0 Å². The predicted molar refractivity (Wildman–Crippen MR) is 58.6 cm³/mol. The fourth-order valence-corrected chi connectivity index (χ4v) is 2.29. The smallest absolute Gasteiger partial charge is 0.198 e. The highest BCUT2D eigenvalue weighted by Gasteiger charge is 2.21. The molecule has 78 valence electrons. The van der Waals surface area contributed by atoms with Gasteiger partial charge in [0.2, 0.25) is 0 Å². The molecule has 0 spiro atoms. The zero-order chi connectivity index (χ0) is 11.6. The largest absolute Gasteiger partial charge is 0.253 e. The second-order valence-corrected chi connectivity index (χ2v) is 5.38. The molecule has 0 saturated heterocycles. The molecule has 0 aromatic carbocycles. The van der Waals surface area contributed by atoms with Crippen molar-refractivity contribution in [2.75, 3.05) is 0 Å². The third-order valence-electron chi connectivity index (χ3n) is 2.10. The van der Waals surface area contributed by atoms with E-state index in [2.05, 4.69) is 11.7 Å². The molecule has 1 aliphatic heterocycles. The molecule has 0 aromatic heterocycles. The second kappa shape index (κ2) is 3.83. The van der Waals surface area contributed by atoms with E-state index in [0.29, 0.717) is 5.57 Å². The maximum atomic E-state index is 11.6. The number of allylic oxidation sites excluding steroid dienone is 6. The lowest BCUT2D eigenvalue weighted by atomic mass is 10.1. The zero-order valence-electron chi connectivity index (χ0n) is 8.48. The van der Waals surface area contributed by atoms with E-state index in [4.69, 9.17) is 5.26 Å². The number of rotatable bonds is 1. The molecule has 5 heteroatoms. The van der Waals surface area contributed by atoms with Crippen molar-refractivity contribution in [2.45, 2.75) is 13.8 Å². The van der Waals surface area contributed by atoms with Crippen molar-refractivity contribution < 1.29 is 8.42 Å². The molecular weight excluding hydrogens is 212 g/mol. The van der Waals surface area contributed by atoms with E-state index in [1.807, 2.05) is 6.07 Å². The number of hydrogen-bond donors (Lipinski definition) is 0. The Morgan fingerprint density at radius 2 is 1.87 bits per heavy atom. The monoisotopic (exact) mass is 222 g/mol. The molecule has 0 unspecified atom stereocenters. The third-order valence-corrected chi connectivity index (χ3v) is 4.03. The minimum absolute atomic E-state index is 0.128. The van der Waals surface area contributed by atoms with Crippen LogP contribution in [0.3, 0.4) is 0 Å². The van der Waals surface area contributed by atoms with Crippen LogP contribution in [0, 0.1) is 11.3 Å². The lowest BCUT2D eigenvalue weighted by Crippen LogP contribution is -2.07. The van der Waals surface area contributed by atoms with Gasteiger partial charge in [0.05, 0.1) is 0 Å². The third kappa shape index (κ3) is 1.90. The summed E-state index contributed by atoms with van der Waals surface area (Å²) < 4.78 is 23.1. The summed E-state index contributed by atoms with van der Waals surface area (Å²) in [5.41, 5.74) is 0.612. The zero-order valence-corrected chi connectivity index (χ0v) is 9.30. The highest BCUT2D eigenvalue weighted by molar-refractivity contribution is 7.98. The average molecular weight is 222 g/mol. The number of sulfone groups is 1. The molecule has 0 saturated carbocycles. The number of aliphatic imine (C=N–C) groups is 1. The molecule has 1 heterocycles. The lowest BCUT2D eigenvalue weighted by molar-refractivity contribution is 0.607. The first-order valence-corrected chi connectivity index (χ1v) is 5.64. The van der Waals surface area contributed by atoms with E-state index in [1.165, 1.54) is 26.0 Å². The Bertz CT molecular complexity index is 514. The Hall–Kier alpha value is -1.67. The second-order valence-electron chi connectivity index (χ2n) is 3.09. The van der Waals surface area contributed by atoms with Gasteiger partial charge in [-0.1, -0.05) is 0 Å². The fourth-order valence-electron chi connectivity index (χ4n) is 1.22. The summed E-state index contributed by atoms with van der Waals surface area (Å²) in [6.45, 7) is 6.24. The van der Waals surface area contributed by atoms with Crippen LogP contribution >= 0.6 is 0 Å². The molecule has 0 radical (unpaired) electrons. The van der Waals surface area contributed by atoms with Crippen LogP contribution in [0.25, 0.3) is 0 Å². The molecule has 0 bridgehead atoms. The Kier molecular flexibility index (Phi) is 2.91. The van der Waals surface area contributed by atoms with Gasteiger partial charge in [-0.2, -0.15) is 5.26 Å². The van der Waals surface area contributed by atoms with E-state index >= 15 is 0 Å². The summed E-state index contributed by atoms with van der Waals surface area (Å²) in [4.78, 5) is 3.96. The lowest BCUT2D eigenvalue weighted by Gasteiger charge is -2.11. The van der Waals surface area contributed by atoms with Gasteiger partial charge in [0.25, 0.3) is 0 Å². The van der Waals surface area contributed by atoms with Crippen LogP contribution < -0.4 is 0 Å². The van der Waals surface area contributed by atoms with Crippen LogP contribution in [0.1, 0.15) is 13.8 Å². The predicted octanol–water partition coefficient (Wildman–Crippen LogP) is 1.70. The quantitative estimate of drug-likeness (QED) is 0.500. The van der Waals surface area contributed by atoms with Crippen molar-refractivity contribution in [1.29, 1.82) is 5.26 Å². The molecule has 15 heavy (non-hydrogen) atoms. The van der Waals surface area contributed by atoms with Gasteiger partial charge < -0.3 is 0 Å². The minimum atomic E-state index is -3.31. The van der Waals surface area contributed by atoms with Crippen LogP contribution in [0.5, 0.6) is 0 Å². The molecule has 0 N–H and O–H groups in total. The SMILES string of the molecule is C=NC(C#N)=C1C=C(C)S(=O)(=O)C(C)=C1. The summed E-state index contributed by atoms with van der Waals surface area (Å²) in [5, 5.41) is 8.73. The first kappa shape index (κ1) is 11.4. The molecule has 0 atom stereocenters. The van der Waals surface area contributed by atoms with Crippen molar-refractivity contribution in [3.05, 3.63) is 33.2 Å². The first-order chi connectivity index (χ1) is 6.93. The average Bonchev–Trinajstić information content (AvgIpc) is 2.17. The van der Waals surface area contributed by atoms with Gasteiger partial charge in [-0.25, -0.2) is 8.42 Å². The van der Waals surface area contributed by atoms with Gasteiger partial charge in [-0.3, -0.25) is 4.99 Å². The maximum absolute atomic E-state index is 11.6. The number of nitriles is 1. The highest BCUT2D eigenvalue weighted by atomic mass is 32.2. The summed E-state index contributed by atoms with van der Waals surface area (Å²) in [6, 6.07) is 1.86. The summed E-state index contributed by atoms with van der Waals surface area (Å²) in [5.74, 6) is 0. The Labute approximate surface area is 88.9 Å². The van der Waals surface area contributed by atoms with Gasteiger partial charge in [-0.15, -0.1) is 0 Å². The van der Waals surface area contributed by atoms with E-state index in [0.717, 1.165) is 0 Å². The van der Waals surface area contributed by atoms with E-state index in [9.17, 15) is 8.42 Å². The van der Waals surface area contributed by atoms with Crippen LogP contribution in [0.15, 0.2) is 38.2 Å². The Morgan fingerprint density at radius 1 is 1.40 bits per heavy atom. The van der Waals surface area contributed by atoms with Gasteiger partial charge in [0, 0.05) is 15.4 Å². The number of hydrogen-bond acceptors (Lipinski definition) is 4. The minimum Gasteiger partial charge on any atom is -0.253 e. The maximum Gasteiger partial charge on any atom is 0.198 e. The van der Waals surface area contributed by atoms with Gasteiger partial charge in [0.15, 0.2) is 9.84 Å².